The highest BCUT2D eigenvalue weighted by Crippen LogP contribution is 2.33. The third kappa shape index (κ3) is 2.27. The van der Waals surface area contributed by atoms with Crippen molar-refractivity contribution in [1.82, 2.24) is 0 Å². The lowest BCUT2D eigenvalue weighted by molar-refractivity contribution is -0.118. The van der Waals surface area contributed by atoms with Crippen LogP contribution >= 0.6 is 0 Å². The van der Waals surface area contributed by atoms with Gasteiger partial charge in [-0.1, -0.05) is 13.0 Å². The SMILES string of the molecule is C[C@@H](CC(N)=O)c1ccc2c(c1)OCCO2. The van der Waals surface area contributed by atoms with E-state index in [1.165, 1.54) is 0 Å². The van der Waals surface area contributed by atoms with Gasteiger partial charge >= 0.3 is 0 Å². The highest BCUT2D eigenvalue weighted by Gasteiger charge is 2.15. The first-order valence-corrected chi connectivity index (χ1v) is 5.34. The molecule has 0 aromatic heterocycles. The number of rotatable bonds is 3. The molecule has 4 heteroatoms. The summed E-state index contributed by atoms with van der Waals surface area (Å²) in [6, 6.07) is 5.74. The summed E-state index contributed by atoms with van der Waals surface area (Å²) in [6.07, 6.45) is 0.347. The molecule has 1 aromatic carbocycles. The zero-order valence-corrected chi connectivity index (χ0v) is 9.23. The maximum absolute atomic E-state index is 10.8. The molecule has 16 heavy (non-hydrogen) atoms. The van der Waals surface area contributed by atoms with Gasteiger partial charge in [-0.3, -0.25) is 4.79 Å². The highest BCUT2D eigenvalue weighted by atomic mass is 16.6. The summed E-state index contributed by atoms with van der Waals surface area (Å²) < 4.78 is 10.9. The number of carbonyl (C=O) groups excluding carboxylic acids is 1. The Bertz CT molecular complexity index is 403. The Kier molecular flexibility index (Phi) is 2.99. The maximum atomic E-state index is 10.8. The number of benzene rings is 1. The highest BCUT2D eigenvalue weighted by molar-refractivity contribution is 5.74. The second kappa shape index (κ2) is 4.43. The topological polar surface area (TPSA) is 61.6 Å². The number of hydrogen-bond donors (Lipinski definition) is 1. The van der Waals surface area contributed by atoms with Gasteiger partial charge in [0, 0.05) is 6.42 Å². The van der Waals surface area contributed by atoms with Crippen LogP contribution in [-0.2, 0) is 4.79 Å². The first-order valence-electron chi connectivity index (χ1n) is 5.34. The zero-order valence-electron chi connectivity index (χ0n) is 9.23. The lowest BCUT2D eigenvalue weighted by atomic mass is 9.97. The molecule has 0 fully saturated rings. The van der Waals surface area contributed by atoms with Crippen LogP contribution in [0.1, 0.15) is 24.8 Å². The van der Waals surface area contributed by atoms with Crippen molar-refractivity contribution in [2.45, 2.75) is 19.3 Å². The summed E-state index contributed by atoms with van der Waals surface area (Å²) in [6.45, 7) is 3.13. The van der Waals surface area contributed by atoms with E-state index in [1.54, 1.807) is 0 Å². The Balaban J connectivity index is 2.19. The van der Waals surface area contributed by atoms with Crippen molar-refractivity contribution in [2.75, 3.05) is 13.2 Å². The molecule has 0 aliphatic carbocycles. The van der Waals surface area contributed by atoms with Crippen LogP contribution in [0.5, 0.6) is 11.5 Å². The van der Waals surface area contributed by atoms with Gasteiger partial charge in [0.25, 0.3) is 0 Å². The van der Waals surface area contributed by atoms with Gasteiger partial charge in [0.05, 0.1) is 0 Å². The summed E-state index contributed by atoms with van der Waals surface area (Å²) in [5.41, 5.74) is 6.22. The van der Waals surface area contributed by atoms with E-state index in [-0.39, 0.29) is 11.8 Å². The molecule has 0 radical (unpaired) electrons. The van der Waals surface area contributed by atoms with Crippen LogP contribution < -0.4 is 15.2 Å². The van der Waals surface area contributed by atoms with Crippen LogP contribution in [0.25, 0.3) is 0 Å². The number of amides is 1. The van der Waals surface area contributed by atoms with E-state index in [1.807, 2.05) is 25.1 Å². The van der Waals surface area contributed by atoms with Crippen molar-refractivity contribution in [2.24, 2.45) is 5.73 Å². The van der Waals surface area contributed by atoms with Gasteiger partial charge in [-0.2, -0.15) is 0 Å². The lowest BCUT2D eigenvalue weighted by Gasteiger charge is -2.20. The number of ether oxygens (including phenoxy) is 2. The van der Waals surface area contributed by atoms with Crippen molar-refractivity contribution in [1.29, 1.82) is 0 Å². The second-order valence-electron chi connectivity index (χ2n) is 3.97. The van der Waals surface area contributed by atoms with E-state index in [9.17, 15) is 4.79 Å². The second-order valence-corrected chi connectivity index (χ2v) is 3.97. The zero-order chi connectivity index (χ0) is 11.5. The number of primary amides is 1. The minimum absolute atomic E-state index is 0.105. The summed E-state index contributed by atoms with van der Waals surface area (Å²) in [4.78, 5) is 10.8. The van der Waals surface area contributed by atoms with Crippen molar-refractivity contribution < 1.29 is 14.3 Å². The fourth-order valence-electron chi connectivity index (χ4n) is 1.79. The van der Waals surface area contributed by atoms with E-state index in [0.29, 0.717) is 19.6 Å². The van der Waals surface area contributed by atoms with E-state index in [0.717, 1.165) is 17.1 Å². The smallest absolute Gasteiger partial charge is 0.218 e. The third-order valence-electron chi connectivity index (χ3n) is 2.64. The summed E-state index contributed by atoms with van der Waals surface area (Å²) >= 11 is 0. The van der Waals surface area contributed by atoms with Gasteiger partial charge in [-0.05, 0) is 23.6 Å². The first kappa shape index (κ1) is 10.8. The molecular weight excluding hydrogens is 206 g/mol. The van der Waals surface area contributed by atoms with Crippen molar-refractivity contribution in [3.8, 4) is 11.5 Å². The van der Waals surface area contributed by atoms with Crippen LogP contribution in [0.3, 0.4) is 0 Å². The molecule has 1 atom stereocenters. The molecule has 1 amide bonds. The van der Waals surface area contributed by atoms with Gasteiger partial charge in [-0.15, -0.1) is 0 Å². The molecular formula is C12H15NO3. The quantitative estimate of drug-likeness (QED) is 0.840. The summed E-state index contributed by atoms with van der Waals surface area (Å²) in [5.74, 6) is 1.33. The van der Waals surface area contributed by atoms with E-state index in [4.69, 9.17) is 15.2 Å². The molecule has 1 heterocycles. The fourth-order valence-corrected chi connectivity index (χ4v) is 1.79. The average Bonchev–Trinajstić information content (AvgIpc) is 2.27. The van der Waals surface area contributed by atoms with Gasteiger partial charge in [0.15, 0.2) is 11.5 Å². The van der Waals surface area contributed by atoms with Crippen LogP contribution in [0.4, 0.5) is 0 Å². The molecule has 2 rings (SSSR count). The normalized spacial score (nSPS) is 15.6. The molecule has 86 valence electrons. The predicted octanol–water partition coefficient (Wildman–Crippen LogP) is 1.44. The molecule has 2 N–H and O–H groups in total. The predicted molar refractivity (Wildman–Crippen MR) is 59.7 cm³/mol. The average molecular weight is 221 g/mol. The first-order chi connectivity index (χ1) is 7.66. The Morgan fingerprint density at radius 2 is 2.06 bits per heavy atom. The van der Waals surface area contributed by atoms with Gasteiger partial charge in [0.1, 0.15) is 13.2 Å². The van der Waals surface area contributed by atoms with E-state index in [2.05, 4.69) is 0 Å². The molecule has 0 bridgehead atoms. The Hall–Kier alpha value is -1.71. The third-order valence-corrected chi connectivity index (χ3v) is 2.64. The van der Waals surface area contributed by atoms with Crippen LogP contribution in [0.2, 0.25) is 0 Å². The van der Waals surface area contributed by atoms with Crippen molar-refractivity contribution >= 4 is 5.91 Å². The van der Waals surface area contributed by atoms with Gasteiger partial charge < -0.3 is 15.2 Å². The molecule has 1 aromatic rings. The molecule has 0 spiro atoms. The van der Waals surface area contributed by atoms with Gasteiger partial charge in [0.2, 0.25) is 5.91 Å². The van der Waals surface area contributed by atoms with Crippen LogP contribution in [0.15, 0.2) is 18.2 Å². The Morgan fingerprint density at radius 1 is 1.38 bits per heavy atom. The fraction of sp³-hybridized carbons (Fsp3) is 0.417. The van der Waals surface area contributed by atoms with E-state index >= 15 is 0 Å². The summed E-state index contributed by atoms with van der Waals surface area (Å²) in [5, 5.41) is 0. The lowest BCUT2D eigenvalue weighted by Crippen LogP contribution is -2.16. The van der Waals surface area contributed by atoms with Crippen LogP contribution in [0, 0.1) is 0 Å². The minimum Gasteiger partial charge on any atom is -0.486 e. The van der Waals surface area contributed by atoms with Crippen LogP contribution in [-0.4, -0.2) is 19.1 Å². The number of nitrogens with two attached hydrogens (primary N) is 1. The molecule has 0 saturated heterocycles. The monoisotopic (exact) mass is 221 g/mol. The molecule has 4 nitrogen and oxygen atoms in total. The van der Waals surface area contributed by atoms with Crippen molar-refractivity contribution in [3.63, 3.8) is 0 Å². The van der Waals surface area contributed by atoms with Gasteiger partial charge in [-0.25, -0.2) is 0 Å². The standard InChI is InChI=1S/C12H15NO3/c1-8(6-12(13)14)9-2-3-10-11(7-9)16-5-4-15-10/h2-3,7-8H,4-6H2,1H3,(H2,13,14)/t8-/m0/s1. The number of fused-ring (bicyclic) bond motifs is 1. The Morgan fingerprint density at radius 3 is 2.75 bits per heavy atom. The summed E-state index contributed by atoms with van der Waals surface area (Å²) in [7, 11) is 0. The molecule has 0 saturated carbocycles. The maximum Gasteiger partial charge on any atom is 0.218 e. The number of hydrogen-bond acceptors (Lipinski definition) is 3. The van der Waals surface area contributed by atoms with Crippen molar-refractivity contribution in [3.05, 3.63) is 23.8 Å². The molecule has 1 aliphatic rings. The number of carbonyl (C=O) groups is 1. The molecule has 1 aliphatic heterocycles. The molecule has 0 unspecified atom stereocenters. The van der Waals surface area contributed by atoms with E-state index < -0.39 is 0 Å². The Labute approximate surface area is 94.3 Å². The minimum atomic E-state index is -0.289. The largest absolute Gasteiger partial charge is 0.486 e.